The van der Waals surface area contributed by atoms with Crippen LogP contribution in [0.25, 0.3) is 10.4 Å². The molecule has 2 N–H and O–H groups in total. The van der Waals surface area contributed by atoms with E-state index >= 15 is 0 Å². The molecule has 0 saturated carbocycles. The van der Waals surface area contributed by atoms with Crippen LogP contribution in [0.4, 0.5) is 0 Å². The van der Waals surface area contributed by atoms with Crippen LogP contribution in [-0.4, -0.2) is 77.8 Å². The Morgan fingerprint density at radius 2 is 1.75 bits per heavy atom. The molecule has 1 aliphatic rings. The molecule has 48 heavy (non-hydrogen) atoms. The molecule has 1 aromatic carbocycles. The number of likely N-dealkylation sites (tertiary alicyclic amines) is 1. The number of unbranched alkanes of at least 4 members (excludes halogenated alkanes) is 5. The molecule has 1 unspecified atom stereocenters. The van der Waals surface area contributed by atoms with Crippen molar-refractivity contribution in [2.45, 2.75) is 109 Å². The van der Waals surface area contributed by atoms with Crippen LogP contribution >= 0.6 is 11.3 Å². The van der Waals surface area contributed by atoms with E-state index in [9.17, 15) is 14.7 Å². The minimum absolute atomic E-state index is 0.0776. The number of hydrogen-bond donors (Lipinski definition) is 2. The Labute approximate surface area is 288 Å². The number of amides is 2. The quantitative estimate of drug-likeness (QED) is 0.108. The molecule has 264 valence electrons. The van der Waals surface area contributed by atoms with Gasteiger partial charge in [0, 0.05) is 33.3 Å². The Balaban J connectivity index is 1.28. The van der Waals surface area contributed by atoms with E-state index in [0.29, 0.717) is 18.2 Å². The Bertz CT molecular complexity index is 1420. The summed E-state index contributed by atoms with van der Waals surface area (Å²) in [5.74, 6) is -0.652. The van der Waals surface area contributed by atoms with Gasteiger partial charge in [-0.1, -0.05) is 63.8 Å². The number of aromatic nitrogens is 2. The van der Waals surface area contributed by atoms with E-state index in [-0.39, 0.29) is 43.0 Å². The summed E-state index contributed by atoms with van der Waals surface area (Å²) in [6.07, 6.45) is 6.58. The molecule has 1 fully saturated rings. The highest BCUT2D eigenvalue weighted by molar-refractivity contribution is 7.13. The standard InChI is InChI=1S/C36H52N4O7S/c1-23(2)33(30-20-31(39-47-30)46-18-12-10-8-7-9-11-13-32(44-5)45-6)36(43)40-21-28(41)19-29(40)35(42)38-24(3)26-14-16-27(17-15-26)34-25(4)37-22-48-34/h14-17,20,22-24,28-29,32-33,41H,7-13,18-19,21H2,1-6H3,(H,38,42)/t24-,28+,29-,33?/m0/s1. The first-order chi connectivity index (χ1) is 23.1. The zero-order valence-electron chi connectivity index (χ0n) is 29.1. The number of β-amino-alcohol motifs (C(OH)–C–C–N with tert-alkyl or cyclic N) is 1. The van der Waals surface area contributed by atoms with E-state index in [0.717, 1.165) is 66.6 Å². The van der Waals surface area contributed by atoms with Crippen molar-refractivity contribution in [2.75, 3.05) is 27.4 Å². The second kappa shape index (κ2) is 18.4. The van der Waals surface area contributed by atoms with Crippen molar-refractivity contribution in [1.82, 2.24) is 20.4 Å². The second-order valence-corrected chi connectivity index (χ2v) is 13.8. The highest BCUT2D eigenvalue weighted by atomic mass is 32.1. The molecule has 0 radical (unpaired) electrons. The fraction of sp³-hybridized carbons (Fsp3) is 0.611. The predicted molar refractivity (Wildman–Crippen MR) is 185 cm³/mol. The molecule has 4 rings (SSSR count). The van der Waals surface area contributed by atoms with Crippen LogP contribution in [0.2, 0.25) is 0 Å². The Hall–Kier alpha value is -3.32. The van der Waals surface area contributed by atoms with Crippen molar-refractivity contribution in [1.29, 1.82) is 0 Å². The number of benzene rings is 1. The lowest BCUT2D eigenvalue weighted by Gasteiger charge is -2.29. The van der Waals surface area contributed by atoms with E-state index in [2.05, 4.69) is 15.5 Å². The number of nitrogens with one attached hydrogen (secondary N) is 1. The summed E-state index contributed by atoms with van der Waals surface area (Å²) < 4.78 is 21.9. The van der Waals surface area contributed by atoms with Gasteiger partial charge >= 0.3 is 0 Å². The summed E-state index contributed by atoms with van der Waals surface area (Å²) in [5, 5.41) is 17.7. The summed E-state index contributed by atoms with van der Waals surface area (Å²) in [6.45, 7) is 8.34. The van der Waals surface area contributed by atoms with Crippen LogP contribution < -0.4 is 10.1 Å². The third-order valence-electron chi connectivity index (χ3n) is 9.00. The van der Waals surface area contributed by atoms with E-state index in [4.69, 9.17) is 18.7 Å². The summed E-state index contributed by atoms with van der Waals surface area (Å²) in [7, 11) is 3.33. The van der Waals surface area contributed by atoms with Gasteiger partial charge in [0.2, 0.25) is 11.8 Å². The SMILES string of the molecule is COC(CCCCCCCCOc1cc(C(C(=O)N2C[C@H](O)C[C@H]2C(=O)N[C@@H](C)c2ccc(-c3scnc3C)cc2)C(C)C)on1)OC. The highest BCUT2D eigenvalue weighted by Crippen LogP contribution is 2.33. The van der Waals surface area contributed by atoms with E-state index in [1.54, 1.807) is 31.6 Å². The maximum Gasteiger partial charge on any atom is 0.254 e. The van der Waals surface area contributed by atoms with Crippen molar-refractivity contribution in [3.8, 4) is 16.3 Å². The van der Waals surface area contributed by atoms with Crippen LogP contribution in [0.3, 0.4) is 0 Å². The molecule has 4 atom stereocenters. The smallest absolute Gasteiger partial charge is 0.254 e. The van der Waals surface area contributed by atoms with E-state index < -0.39 is 18.1 Å². The predicted octanol–water partition coefficient (Wildman–Crippen LogP) is 6.41. The van der Waals surface area contributed by atoms with Crippen molar-refractivity contribution >= 4 is 23.2 Å². The van der Waals surface area contributed by atoms with Gasteiger partial charge in [0.25, 0.3) is 5.88 Å². The summed E-state index contributed by atoms with van der Waals surface area (Å²) in [4.78, 5) is 34.4. The lowest BCUT2D eigenvalue weighted by atomic mass is 9.91. The fourth-order valence-corrected chi connectivity index (χ4v) is 7.04. The number of carbonyl (C=O) groups excluding carboxylic acids is 2. The molecular weight excluding hydrogens is 632 g/mol. The zero-order valence-corrected chi connectivity index (χ0v) is 30.0. The molecule has 12 heteroatoms. The van der Waals surface area contributed by atoms with Gasteiger partial charge in [-0.15, -0.1) is 11.3 Å². The Kier molecular flexibility index (Phi) is 14.4. The van der Waals surface area contributed by atoms with Gasteiger partial charge < -0.3 is 34.1 Å². The Morgan fingerprint density at radius 3 is 2.40 bits per heavy atom. The minimum Gasteiger partial charge on any atom is -0.476 e. The zero-order chi connectivity index (χ0) is 34.6. The molecule has 0 bridgehead atoms. The number of hydrogen-bond acceptors (Lipinski definition) is 10. The normalized spacial score (nSPS) is 17.6. The van der Waals surface area contributed by atoms with Crippen LogP contribution in [0.1, 0.15) is 101 Å². The van der Waals surface area contributed by atoms with Gasteiger partial charge in [-0.2, -0.15) is 0 Å². The first kappa shape index (κ1) is 37.5. The monoisotopic (exact) mass is 684 g/mol. The molecule has 3 heterocycles. The van der Waals surface area contributed by atoms with Crippen molar-refractivity contribution in [2.24, 2.45) is 5.92 Å². The highest BCUT2D eigenvalue weighted by Gasteiger charge is 2.43. The van der Waals surface area contributed by atoms with Crippen molar-refractivity contribution in [3.63, 3.8) is 0 Å². The number of nitrogens with zero attached hydrogens (tertiary/aromatic N) is 3. The van der Waals surface area contributed by atoms with E-state index in [1.165, 1.54) is 4.90 Å². The van der Waals surface area contributed by atoms with Crippen molar-refractivity contribution < 1.29 is 33.4 Å². The largest absolute Gasteiger partial charge is 0.476 e. The number of aliphatic hydroxyl groups excluding tert-OH is 1. The van der Waals surface area contributed by atoms with Gasteiger partial charge in [0.1, 0.15) is 12.0 Å². The summed E-state index contributed by atoms with van der Waals surface area (Å²) in [5.41, 5.74) is 4.84. The minimum atomic E-state index is -0.796. The fourth-order valence-electron chi connectivity index (χ4n) is 6.23. The van der Waals surface area contributed by atoms with Gasteiger partial charge in [-0.25, -0.2) is 4.98 Å². The maximum atomic E-state index is 14.0. The number of aryl methyl sites for hydroxylation is 1. The number of ether oxygens (including phenoxy) is 3. The molecule has 2 amide bonds. The first-order valence-electron chi connectivity index (χ1n) is 17.1. The molecular formula is C36H52N4O7S. The number of rotatable bonds is 19. The van der Waals surface area contributed by atoms with Crippen LogP contribution in [0, 0.1) is 12.8 Å². The van der Waals surface area contributed by atoms with Gasteiger partial charge in [0.05, 0.1) is 34.8 Å². The molecule has 2 aromatic heterocycles. The summed E-state index contributed by atoms with van der Waals surface area (Å²) in [6, 6.07) is 8.63. The maximum absolute atomic E-state index is 14.0. The lowest BCUT2D eigenvalue weighted by Crippen LogP contribution is -2.48. The second-order valence-electron chi connectivity index (χ2n) is 13.0. The topological polar surface area (TPSA) is 136 Å². The van der Waals surface area contributed by atoms with Crippen LogP contribution in [0.5, 0.6) is 5.88 Å². The lowest BCUT2D eigenvalue weighted by molar-refractivity contribution is -0.141. The number of aliphatic hydroxyl groups is 1. The van der Waals surface area contributed by atoms with Crippen molar-refractivity contribution in [3.05, 3.63) is 52.9 Å². The molecule has 11 nitrogen and oxygen atoms in total. The average molecular weight is 685 g/mol. The molecule has 0 aliphatic carbocycles. The van der Waals surface area contributed by atoms with Gasteiger partial charge in [-0.05, 0) is 55.3 Å². The number of thiazole rings is 1. The average Bonchev–Trinajstić information content (AvgIpc) is 3.82. The third-order valence-corrected chi connectivity index (χ3v) is 9.98. The molecule has 1 aliphatic heterocycles. The molecule has 3 aromatic rings. The molecule has 1 saturated heterocycles. The number of methoxy groups -OCH3 is 2. The van der Waals surface area contributed by atoms with Crippen LogP contribution in [0.15, 0.2) is 40.4 Å². The molecule has 0 spiro atoms. The van der Waals surface area contributed by atoms with Gasteiger partial charge in [0.15, 0.2) is 12.1 Å². The first-order valence-corrected chi connectivity index (χ1v) is 17.9. The van der Waals surface area contributed by atoms with Crippen LogP contribution in [-0.2, 0) is 19.1 Å². The number of carbonyl (C=O) groups is 2. The third kappa shape index (κ3) is 10.1. The van der Waals surface area contributed by atoms with E-state index in [1.807, 2.05) is 57.5 Å². The summed E-state index contributed by atoms with van der Waals surface area (Å²) >= 11 is 1.60. The van der Waals surface area contributed by atoms with Gasteiger partial charge in [-0.3, -0.25) is 9.59 Å². The Morgan fingerprint density at radius 1 is 1.06 bits per heavy atom.